The average molecular weight is 341 g/mol. The van der Waals surface area contributed by atoms with E-state index in [4.69, 9.17) is 0 Å². The normalized spacial score (nSPS) is 13.9. The molecule has 1 amide bonds. The van der Waals surface area contributed by atoms with Crippen molar-refractivity contribution in [2.24, 2.45) is 5.41 Å². The second-order valence-corrected chi connectivity index (χ2v) is 7.11. The zero-order chi connectivity index (χ0) is 18.4. The van der Waals surface area contributed by atoms with E-state index in [0.717, 1.165) is 12.8 Å². The first-order valence-corrected chi connectivity index (χ1v) is 8.62. The Bertz CT molecular complexity index is 680. The molecule has 0 aliphatic rings. The fourth-order valence-electron chi connectivity index (χ4n) is 2.71. The third-order valence-electron chi connectivity index (χ3n) is 4.56. The van der Waals surface area contributed by atoms with Crippen molar-refractivity contribution in [3.63, 3.8) is 0 Å². The Kier molecular flexibility index (Phi) is 6.21. The smallest absolute Gasteiger partial charge is 0.228 e. The van der Waals surface area contributed by atoms with E-state index >= 15 is 0 Å². The van der Waals surface area contributed by atoms with Crippen LogP contribution in [0.1, 0.15) is 44.4 Å². The van der Waals surface area contributed by atoms with E-state index in [1.807, 2.05) is 25.1 Å². The Hall–Kier alpha value is -2.33. The summed E-state index contributed by atoms with van der Waals surface area (Å²) in [7, 11) is 0. The number of hydrogen-bond donors (Lipinski definition) is 3. The summed E-state index contributed by atoms with van der Waals surface area (Å²) in [4.78, 5) is 12.6. The lowest BCUT2D eigenvalue weighted by Gasteiger charge is -2.31. The lowest BCUT2D eigenvalue weighted by Crippen LogP contribution is -2.44. The highest BCUT2D eigenvalue weighted by Crippen LogP contribution is 2.34. The molecule has 0 aliphatic heterocycles. The third-order valence-corrected chi connectivity index (χ3v) is 4.56. The van der Waals surface area contributed by atoms with Crippen LogP contribution in [0.2, 0.25) is 0 Å². The Morgan fingerprint density at radius 2 is 1.68 bits per heavy atom. The van der Waals surface area contributed by atoms with Gasteiger partial charge in [-0.2, -0.15) is 0 Å². The zero-order valence-corrected chi connectivity index (χ0v) is 15.1. The van der Waals surface area contributed by atoms with Gasteiger partial charge < -0.3 is 15.5 Å². The number of aliphatic hydroxyl groups excluding tert-OH is 1. The highest BCUT2D eigenvalue weighted by molar-refractivity contribution is 5.83. The van der Waals surface area contributed by atoms with Gasteiger partial charge in [0.2, 0.25) is 5.91 Å². The van der Waals surface area contributed by atoms with Gasteiger partial charge in [0.1, 0.15) is 5.75 Å². The van der Waals surface area contributed by atoms with Gasteiger partial charge in [0.05, 0.1) is 11.5 Å². The average Bonchev–Trinajstić information content (AvgIpc) is 2.60. The van der Waals surface area contributed by atoms with Crippen LogP contribution >= 0.6 is 0 Å². The molecule has 0 fully saturated rings. The van der Waals surface area contributed by atoms with Crippen LogP contribution in [0.5, 0.6) is 5.75 Å². The van der Waals surface area contributed by atoms with E-state index in [1.54, 1.807) is 26.0 Å². The summed E-state index contributed by atoms with van der Waals surface area (Å²) in [5.74, 6) is -0.0543. The molecule has 25 heavy (non-hydrogen) atoms. The number of hydrogen-bond acceptors (Lipinski definition) is 3. The minimum Gasteiger partial charge on any atom is -0.508 e. The van der Waals surface area contributed by atoms with Gasteiger partial charge in [0.25, 0.3) is 0 Å². The molecule has 0 saturated heterocycles. The Balaban J connectivity index is 1.94. The molecule has 0 radical (unpaired) electrons. The summed E-state index contributed by atoms with van der Waals surface area (Å²) >= 11 is 0. The minimum atomic E-state index is -0.974. The van der Waals surface area contributed by atoms with Gasteiger partial charge in [-0.05, 0) is 56.9 Å². The molecule has 0 heterocycles. The lowest BCUT2D eigenvalue weighted by atomic mass is 9.81. The number of rotatable bonds is 7. The van der Waals surface area contributed by atoms with Crippen LogP contribution in [0.15, 0.2) is 54.6 Å². The maximum Gasteiger partial charge on any atom is 0.228 e. The first-order valence-electron chi connectivity index (χ1n) is 8.62. The number of carbonyl (C=O) groups excluding carboxylic acids is 1. The van der Waals surface area contributed by atoms with Crippen molar-refractivity contribution in [2.45, 2.75) is 45.8 Å². The third kappa shape index (κ3) is 5.07. The fraction of sp³-hybridized carbons (Fsp3) is 0.381. The molecule has 0 spiro atoms. The summed E-state index contributed by atoms with van der Waals surface area (Å²) in [5.41, 5.74) is 0.875. The van der Waals surface area contributed by atoms with Crippen molar-refractivity contribution < 1.29 is 15.0 Å². The molecule has 2 aromatic carbocycles. The van der Waals surface area contributed by atoms with Crippen molar-refractivity contribution in [2.75, 3.05) is 0 Å². The Morgan fingerprint density at radius 3 is 2.28 bits per heavy atom. The first-order chi connectivity index (χ1) is 11.8. The van der Waals surface area contributed by atoms with Crippen LogP contribution in [-0.2, 0) is 11.2 Å². The van der Waals surface area contributed by atoms with E-state index in [-0.39, 0.29) is 17.7 Å². The number of phenolic OH excluding ortho intramolecular Hbond substituents is 1. The largest absolute Gasteiger partial charge is 0.508 e. The van der Waals surface area contributed by atoms with Crippen molar-refractivity contribution in [1.29, 1.82) is 0 Å². The minimum absolute atomic E-state index is 0.0130. The summed E-state index contributed by atoms with van der Waals surface area (Å²) in [6, 6.07) is 16.5. The molecule has 3 N–H and O–H groups in total. The summed E-state index contributed by atoms with van der Waals surface area (Å²) in [6.07, 6.45) is 0.777. The number of aromatic hydroxyl groups is 1. The summed E-state index contributed by atoms with van der Waals surface area (Å²) in [5, 5.41) is 23.0. The molecule has 0 aromatic heterocycles. The van der Waals surface area contributed by atoms with Crippen molar-refractivity contribution in [3.05, 3.63) is 65.7 Å². The number of amides is 1. The molecule has 4 heteroatoms. The molecule has 0 bridgehead atoms. The van der Waals surface area contributed by atoms with Gasteiger partial charge in [-0.15, -0.1) is 0 Å². The summed E-state index contributed by atoms with van der Waals surface area (Å²) in [6.45, 7) is 5.43. The molecular weight excluding hydrogens is 314 g/mol. The lowest BCUT2D eigenvalue weighted by molar-refractivity contribution is -0.136. The zero-order valence-electron chi connectivity index (χ0n) is 15.1. The molecule has 4 nitrogen and oxygen atoms in total. The first kappa shape index (κ1) is 19.0. The number of phenols is 1. The van der Waals surface area contributed by atoms with Crippen LogP contribution in [-0.4, -0.2) is 22.2 Å². The van der Waals surface area contributed by atoms with Gasteiger partial charge >= 0.3 is 0 Å². The molecule has 0 saturated carbocycles. The van der Waals surface area contributed by atoms with Crippen LogP contribution in [0.4, 0.5) is 0 Å². The van der Waals surface area contributed by atoms with Crippen molar-refractivity contribution in [3.8, 4) is 5.75 Å². The van der Waals surface area contributed by atoms with Gasteiger partial charge in [0.15, 0.2) is 0 Å². The number of aryl methyl sites for hydroxylation is 1. The highest BCUT2D eigenvalue weighted by Gasteiger charge is 2.37. The number of nitrogens with one attached hydrogen (secondary N) is 1. The second kappa shape index (κ2) is 8.17. The quantitative estimate of drug-likeness (QED) is 0.721. The van der Waals surface area contributed by atoms with Crippen LogP contribution in [0.3, 0.4) is 0 Å². The van der Waals surface area contributed by atoms with Crippen LogP contribution in [0, 0.1) is 5.41 Å². The molecule has 134 valence electrons. The molecular formula is C21H27NO3. The Morgan fingerprint density at radius 1 is 1.08 bits per heavy atom. The van der Waals surface area contributed by atoms with Crippen molar-refractivity contribution >= 4 is 5.91 Å². The molecule has 0 aliphatic carbocycles. The Labute approximate surface area is 149 Å². The molecule has 2 aromatic rings. The van der Waals surface area contributed by atoms with E-state index < -0.39 is 11.5 Å². The van der Waals surface area contributed by atoms with Gasteiger partial charge in [-0.1, -0.05) is 42.5 Å². The maximum atomic E-state index is 12.6. The molecule has 2 rings (SSSR count). The maximum absolute atomic E-state index is 12.6. The van der Waals surface area contributed by atoms with Gasteiger partial charge in [0, 0.05) is 6.04 Å². The predicted octanol–water partition coefficient (Wildman–Crippen LogP) is 3.59. The van der Waals surface area contributed by atoms with E-state index in [9.17, 15) is 15.0 Å². The van der Waals surface area contributed by atoms with Gasteiger partial charge in [-0.25, -0.2) is 0 Å². The van der Waals surface area contributed by atoms with E-state index in [0.29, 0.717) is 5.56 Å². The van der Waals surface area contributed by atoms with Gasteiger partial charge in [-0.3, -0.25) is 4.79 Å². The van der Waals surface area contributed by atoms with Crippen LogP contribution < -0.4 is 5.32 Å². The standard InChI is InChI=1S/C21H27NO3/c1-15(9-10-16-7-5-4-6-8-16)22-20(25)21(2,3)19(24)17-11-13-18(23)14-12-17/h4-8,11-15,19,23-24H,9-10H2,1-3H3,(H,22,25). The number of carbonyl (C=O) groups is 1. The van der Waals surface area contributed by atoms with E-state index in [2.05, 4.69) is 17.4 Å². The molecule has 2 atom stereocenters. The fourth-order valence-corrected chi connectivity index (χ4v) is 2.71. The topological polar surface area (TPSA) is 69.6 Å². The van der Waals surface area contributed by atoms with Crippen molar-refractivity contribution in [1.82, 2.24) is 5.32 Å². The molecule has 2 unspecified atom stereocenters. The number of benzene rings is 2. The SMILES string of the molecule is CC(CCc1ccccc1)NC(=O)C(C)(C)C(O)c1ccc(O)cc1. The number of aliphatic hydroxyl groups is 1. The monoisotopic (exact) mass is 341 g/mol. The second-order valence-electron chi connectivity index (χ2n) is 7.11. The summed E-state index contributed by atoms with van der Waals surface area (Å²) < 4.78 is 0. The predicted molar refractivity (Wildman–Crippen MR) is 99.2 cm³/mol. The van der Waals surface area contributed by atoms with E-state index in [1.165, 1.54) is 17.7 Å². The highest BCUT2D eigenvalue weighted by atomic mass is 16.3. The van der Waals surface area contributed by atoms with Crippen LogP contribution in [0.25, 0.3) is 0 Å².